The van der Waals surface area contributed by atoms with E-state index in [4.69, 9.17) is 9.84 Å². The summed E-state index contributed by atoms with van der Waals surface area (Å²) in [6.07, 6.45) is 3.85. The lowest BCUT2D eigenvalue weighted by Gasteiger charge is -2.04. The topological polar surface area (TPSA) is 89.7 Å². The van der Waals surface area contributed by atoms with Crippen molar-refractivity contribution in [1.82, 2.24) is 0 Å². The van der Waals surface area contributed by atoms with E-state index >= 15 is 0 Å². The Morgan fingerprint density at radius 1 is 1.50 bits per heavy atom. The van der Waals surface area contributed by atoms with Gasteiger partial charge in [-0.05, 0) is 25.5 Å². The molecule has 1 aromatic rings. The summed E-state index contributed by atoms with van der Waals surface area (Å²) in [4.78, 5) is 20.9. The van der Waals surface area contributed by atoms with Crippen molar-refractivity contribution in [3.05, 3.63) is 46.0 Å². The highest BCUT2D eigenvalue weighted by atomic mass is 16.6. The monoisotopic (exact) mass is 279 g/mol. The van der Waals surface area contributed by atoms with E-state index in [9.17, 15) is 14.9 Å². The van der Waals surface area contributed by atoms with Gasteiger partial charge in [-0.1, -0.05) is 19.1 Å². The van der Waals surface area contributed by atoms with E-state index in [1.807, 2.05) is 0 Å². The van der Waals surface area contributed by atoms with Crippen LogP contribution in [0.15, 0.2) is 30.4 Å². The highest BCUT2D eigenvalue weighted by Gasteiger charge is 2.11. The number of rotatable bonds is 7. The standard InChI is InChI=1S/C14H17NO5/c1-10-6-7-12(9-13(10)15(18)19)20-8-4-3-5-11(2)14(16)17/h3-4,6-7,9,11H,5,8H2,1-2H3,(H,16,17)/b4-3+/t11-/m0/s1. The van der Waals surface area contributed by atoms with Crippen LogP contribution in [0.25, 0.3) is 0 Å². The number of aliphatic carboxylic acids is 1. The zero-order valence-electron chi connectivity index (χ0n) is 11.4. The first kappa shape index (κ1) is 15.7. The quantitative estimate of drug-likeness (QED) is 0.471. The molecule has 0 aliphatic heterocycles. The molecule has 0 bridgehead atoms. The number of nitro groups is 1. The van der Waals surface area contributed by atoms with Crippen molar-refractivity contribution in [2.24, 2.45) is 5.92 Å². The van der Waals surface area contributed by atoms with Gasteiger partial charge in [0.1, 0.15) is 12.4 Å². The number of hydrogen-bond donors (Lipinski definition) is 1. The van der Waals surface area contributed by atoms with Gasteiger partial charge in [-0.25, -0.2) is 0 Å². The van der Waals surface area contributed by atoms with Crippen molar-refractivity contribution >= 4 is 11.7 Å². The minimum absolute atomic E-state index is 0.0194. The summed E-state index contributed by atoms with van der Waals surface area (Å²) >= 11 is 0. The van der Waals surface area contributed by atoms with E-state index in [1.54, 1.807) is 38.1 Å². The molecule has 0 aliphatic rings. The molecule has 0 radical (unpaired) electrons. The molecule has 0 aromatic heterocycles. The molecule has 1 aromatic carbocycles. The lowest BCUT2D eigenvalue weighted by molar-refractivity contribution is -0.385. The Labute approximate surface area is 116 Å². The molecule has 0 spiro atoms. The number of allylic oxidation sites excluding steroid dienone is 1. The molecular weight excluding hydrogens is 262 g/mol. The summed E-state index contributed by atoms with van der Waals surface area (Å²) in [5.41, 5.74) is 0.596. The van der Waals surface area contributed by atoms with E-state index in [-0.39, 0.29) is 12.3 Å². The van der Waals surface area contributed by atoms with Crippen molar-refractivity contribution in [1.29, 1.82) is 0 Å². The fraction of sp³-hybridized carbons (Fsp3) is 0.357. The predicted molar refractivity (Wildman–Crippen MR) is 73.9 cm³/mol. The SMILES string of the molecule is Cc1ccc(OC/C=C/C[C@H](C)C(=O)O)cc1[N+](=O)[O-]. The molecule has 1 N–H and O–H groups in total. The van der Waals surface area contributed by atoms with Gasteiger partial charge in [0, 0.05) is 5.56 Å². The third-order valence-electron chi connectivity index (χ3n) is 2.80. The Morgan fingerprint density at radius 2 is 2.20 bits per heavy atom. The normalized spacial score (nSPS) is 12.3. The summed E-state index contributed by atoms with van der Waals surface area (Å²) in [5, 5.41) is 19.5. The third kappa shape index (κ3) is 4.72. The first-order chi connectivity index (χ1) is 9.41. The number of aryl methyl sites for hydroxylation is 1. The number of carbonyl (C=O) groups is 1. The molecule has 0 unspecified atom stereocenters. The van der Waals surface area contributed by atoms with Gasteiger partial charge in [-0.2, -0.15) is 0 Å². The van der Waals surface area contributed by atoms with Crippen LogP contribution in [0.4, 0.5) is 5.69 Å². The average molecular weight is 279 g/mol. The van der Waals surface area contributed by atoms with Gasteiger partial charge in [0.25, 0.3) is 5.69 Å². The van der Waals surface area contributed by atoms with Crippen LogP contribution in [0, 0.1) is 23.0 Å². The molecule has 0 saturated heterocycles. The number of hydrogen-bond acceptors (Lipinski definition) is 4. The van der Waals surface area contributed by atoms with E-state index in [0.29, 0.717) is 17.7 Å². The molecule has 20 heavy (non-hydrogen) atoms. The Kier molecular flexibility index (Phi) is 5.71. The lowest BCUT2D eigenvalue weighted by atomic mass is 10.1. The van der Waals surface area contributed by atoms with Crippen LogP contribution in [-0.4, -0.2) is 22.6 Å². The second-order valence-corrected chi connectivity index (χ2v) is 4.46. The second-order valence-electron chi connectivity index (χ2n) is 4.46. The van der Waals surface area contributed by atoms with Gasteiger partial charge in [0.05, 0.1) is 16.9 Å². The molecule has 0 aliphatic carbocycles. The summed E-state index contributed by atoms with van der Waals surface area (Å²) in [6, 6.07) is 4.67. The van der Waals surface area contributed by atoms with Crippen LogP contribution in [0.5, 0.6) is 5.75 Å². The van der Waals surface area contributed by atoms with Crippen LogP contribution >= 0.6 is 0 Å². The minimum Gasteiger partial charge on any atom is -0.489 e. The molecule has 0 heterocycles. The highest BCUT2D eigenvalue weighted by Crippen LogP contribution is 2.23. The van der Waals surface area contributed by atoms with Gasteiger partial charge < -0.3 is 9.84 Å². The molecular formula is C14H17NO5. The van der Waals surface area contributed by atoms with E-state index in [2.05, 4.69) is 0 Å². The van der Waals surface area contributed by atoms with Gasteiger partial charge >= 0.3 is 5.97 Å². The van der Waals surface area contributed by atoms with E-state index in [1.165, 1.54) is 6.07 Å². The van der Waals surface area contributed by atoms with Crippen molar-refractivity contribution < 1.29 is 19.6 Å². The lowest BCUT2D eigenvalue weighted by Crippen LogP contribution is -2.07. The second kappa shape index (κ2) is 7.28. The molecule has 1 rings (SSSR count). The summed E-state index contributed by atoms with van der Waals surface area (Å²) in [5.74, 6) is -0.866. The first-order valence-corrected chi connectivity index (χ1v) is 6.17. The molecule has 108 valence electrons. The van der Waals surface area contributed by atoms with E-state index in [0.717, 1.165) is 0 Å². The molecule has 0 saturated carbocycles. The van der Waals surface area contributed by atoms with Crippen molar-refractivity contribution in [2.45, 2.75) is 20.3 Å². The smallest absolute Gasteiger partial charge is 0.306 e. The van der Waals surface area contributed by atoms with Crippen LogP contribution in [0.2, 0.25) is 0 Å². The average Bonchev–Trinajstić information content (AvgIpc) is 2.39. The Bertz CT molecular complexity index is 524. The Hall–Kier alpha value is -2.37. The Balaban J connectivity index is 2.50. The fourth-order valence-corrected chi connectivity index (χ4v) is 1.49. The molecule has 6 heteroatoms. The van der Waals surface area contributed by atoms with Crippen LogP contribution in [0.1, 0.15) is 18.9 Å². The van der Waals surface area contributed by atoms with Gasteiger partial charge in [0.2, 0.25) is 0 Å². The maximum Gasteiger partial charge on any atom is 0.306 e. The number of carboxylic acid groups (broad SMARTS) is 1. The summed E-state index contributed by atoms with van der Waals surface area (Å²) in [7, 11) is 0. The summed E-state index contributed by atoms with van der Waals surface area (Å²) < 4.78 is 5.36. The van der Waals surface area contributed by atoms with Gasteiger partial charge in [-0.15, -0.1) is 0 Å². The van der Waals surface area contributed by atoms with Crippen LogP contribution in [0.3, 0.4) is 0 Å². The predicted octanol–water partition coefficient (Wildman–Crippen LogP) is 2.95. The molecule has 6 nitrogen and oxygen atoms in total. The van der Waals surface area contributed by atoms with Crippen molar-refractivity contribution in [2.75, 3.05) is 6.61 Å². The van der Waals surface area contributed by atoms with Crippen LogP contribution in [-0.2, 0) is 4.79 Å². The van der Waals surface area contributed by atoms with Crippen molar-refractivity contribution in [3.63, 3.8) is 0 Å². The highest BCUT2D eigenvalue weighted by molar-refractivity contribution is 5.69. The number of benzene rings is 1. The molecule has 0 amide bonds. The number of nitro benzene ring substituents is 1. The summed E-state index contributed by atoms with van der Waals surface area (Å²) in [6.45, 7) is 3.53. The fourth-order valence-electron chi connectivity index (χ4n) is 1.49. The maximum atomic E-state index is 10.8. The molecule has 0 fully saturated rings. The zero-order chi connectivity index (χ0) is 15.1. The van der Waals surface area contributed by atoms with Gasteiger partial charge in [0.15, 0.2) is 0 Å². The van der Waals surface area contributed by atoms with Crippen LogP contribution < -0.4 is 4.74 Å². The Morgan fingerprint density at radius 3 is 2.80 bits per heavy atom. The zero-order valence-corrected chi connectivity index (χ0v) is 11.4. The first-order valence-electron chi connectivity index (χ1n) is 6.17. The van der Waals surface area contributed by atoms with Crippen molar-refractivity contribution in [3.8, 4) is 5.75 Å². The minimum atomic E-state index is -0.843. The largest absolute Gasteiger partial charge is 0.489 e. The number of carboxylic acids is 1. The third-order valence-corrected chi connectivity index (χ3v) is 2.80. The number of nitrogens with zero attached hydrogens (tertiary/aromatic N) is 1. The maximum absolute atomic E-state index is 10.8. The molecule has 1 atom stereocenters. The number of ether oxygens (including phenoxy) is 1. The van der Waals surface area contributed by atoms with Gasteiger partial charge in [-0.3, -0.25) is 14.9 Å². The van der Waals surface area contributed by atoms with E-state index < -0.39 is 16.8 Å².